The molecule has 1 saturated carbocycles. The maximum absolute atomic E-state index is 11.9. The molecule has 0 spiro atoms. The van der Waals surface area contributed by atoms with Crippen LogP contribution in [0.4, 0.5) is 5.69 Å². The largest absolute Gasteiger partial charge is 0.378 e. The van der Waals surface area contributed by atoms with Gasteiger partial charge in [-0.3, -0.25) is 9.59 Å². The predicted molar refractivity (Wildman–Crippen MR) is 81.8 cm³/mol. The van der Waals surface area contributed by atoms with Gasteiger partial charge in [0.2, 0.25) is 10.9 Å². The van der Waals surface area contributed by atoms with E-state index in [1.807, 2.05) is 30.3 Å². The minimum Gasteiger partial charge on any atom is -0.378 e. The highest BCUT2D eigenvalue weighted by Crippen LogP contribution is 2.29. The first-order valence-corrected chi connectivity index (χ1v) is 7.33. The number of rotatable bonds is 3. The highest BCUT2D eigenvalue weighted by Gasteiger charge is 2.27. The Morgan fingerprint density at radius 1 is 1.00 bits per heavy atom. The molecule has 3 heteroatoms. The molecule has 1 aliphatic rings. The van der Waals surface area contributed by atoms with Crippen molar-refractivity contribution in [2.24, 2.45) is 5.92 Å². The van der Waals surface area contributed by atoms with E-state index >= 15 is 0 Å². The van der Waals surface area contributed by atoms with Crippen LogP contribution in [0.1, 0.15) is 32.6 Å². The van der Waals surface area contributed by atoms with Crippen molar-refractivity contribution in [1.82, 2.24) is 0 Å². The molecule has 1 N–H and O–H groups in total. The molecule has 3 rings (SSSR count). The summed E-state index contributed by atoms with van der Waals surface area (Å²) in [5, 5.41) is 3.34. The molecular weight excluding hydrogens is 250 g/mol. The number of benzene rings is 1. The van der Waals surface area contributed by atoms with Gasteiger partial charge >= 0.3 is 0 Å². The zero-order valence-corrected chi connectivity index (χ0v) is 11.7. The topological polar surface area (TPSA) is 46.2 Å². The van der Waals surface area contributed by atoms with Crippen molar-refractivity contribution in [3.8, 4) is 11.1 Å². The van der Waals surface area contributed by atoms with Crippen LogP contribution < -0.4 is 16.2 Å². The lowest BCUT2D eigenvalue weighted by Crippen LogP contribution is -2.41. The summed E-state index contributed by atoms with van der Waals surface area (Å²) in [6, 6.07) is 9.76. The van der Waals surface area contributed by atoms with Gasteiger partial charge in [0, 0.05) is 6.04 Å². The van der Waals surface area contributed by atoms with Crippen molar-refractivity contribution >= 4 is 5.69 Å². The summed E-state index contributed by atoms with van der Waals surface area (Å²) in [7, 11) is 0. The fourth-order valence-corrected chi connectivity index (χ4v) is 3.13. The molecule has 2 aromatic rings. The van der Waals surface area contributed by atoms with E-state index in [4.69, 9.17) is 0 Å². The Labute approximate surface area is 118 Å². The molecule has 0 unspecified atom stereocenters. The summed E-state index contributed by atoms with van der Waals surface area (Å²) in [5.74, 6) is 0.553. The van der Waals surface area contributed by atoms with Crippen LogP contribution in [0, 0.1) is 5.92 Å². The van der Waals surface area contributed by atoms with Gasteiger partial charge in [0.15, 0.2) is 0 Å². The minimum atomic E-state index is -0.360. The molecule has 0 aromatic heterocycles. The zero-order chi connectivity index (χ0) is 14.1. The smallest absolute Gasteiger partial charge is 0.250 e. The van der Waals surface area contributed by atoms with Crippen LogP contribution in [0.25, 0.3) is 11.1 Å². The number of hydrogen-bond acceptors (Lipinski definition) is 3. The Morgan fingerprint density at radius 3 is 2.40 bits per heavy atom. The third-order valence-electron chi connectivity index (χ3n) is 4.41. The molecule has 20 heavy (non-hydrogen) atoms. The lowest BCUT2D eigenvalue weighted by atomic mass is 9.85. The molecule has 1 fully saturated rings. The zero-order valence-electron chi connectivity index (χ0n) is 11.7. The minimum absolute atomic E-state index is 0.314. The van der Waals surface area contributed by atoms with Crippen LogP contribution in [0.3, 0.4) is 0 Å². The summed E-state index contributed by atoms with van der Waals surface area (Å²) < 4.78 is 0. The van der Waals surface area contributed by atoms with Crippen molar-refractivity contribution in [2.45, 2.75) is 38.6 Å². The SMILES string of the molecule is C[C@@H]1CCCC[C@@H]1Nc1c(-c2ccccc2)c(=O)c1=O. The van der Waals surface area contributed by atoms with Gasteiger partial charge in [-0.2, -0.15) is 0 Å². The molecule has 0 amide bonds. The van der Waals surface area contributed by atoms with E-state index in [9.17, 15) is 9.59 Å². The van der Waals surface area contributed by atoms with Crippen molar-refractivity contribution in [1.29, 1.82) is 0 Å². The van der Waals surface area contributed by atoms with Gasteiger partial charge in [-0.1, -0.05) is 50.1 Å². The highest BCUT2D eigenvalue weighted by atomic mass is 16.2. The number of nitrogens with one attached hydrogen (secondary N) is 1. The summed E-state index contributed by atoms with van der Waals surface area (Å²) in [6.45, 7) is 2.21. The van der Waals surface area contributed by atoms with Crippen LogP contribution in [-0.4, -0.2) is 6.04 Å². The van der Waals surface area contributed by atoms with Crippen LogP contribution in [0.15, 0.2) is 39.9 Å². The van der Waals surface area contributed by atoms with Gasteiger partial charge in [-0.25, -0.2) is 0 Å². The van der Waals surface area contributed by atoms with Crippen LogP contribution in [-0.2, 0) is 0 Å². The van der Waals surface area contributed by atoms with Crippen LogP contribution >= 0.6 is 0 Å². The Kier molecular flexibility index (Phi) is 3.43. The molecular formula is C17H19NO2. The molecule has 104 valence electrons. The first kappa shape index (κ1) is 13.1. The first-order valence-electron chi connectivity index (χ1n) is 7.33. The van der Waals surface area contributed by atoms with Crippen LogP contribution in [0.5, 0.6) is 0 Å². The standard InChI is InChI=1S/C17H19NO2/c1-11-7-5-6-10-13(11)18-15-14(16(19)17(15)20)12-8-3-2-4-9-12/h2-4,8-9,11,13,18H,5-7,10H2,1H3/t11-,13+/m1/s1. The monoisotopic (exact) mass is 269 g/mol. The van der Waals surface area contributed by atoms with E-state index in [1.165, 1.54) is 19.3 Å². The molecule has 2 atom stereocenters. The normalized spacial score (nSPS) is 22.9. The van der Waals surface area contributed by atoms with Crippen LogP contribution in [0.2, 0.25) is 0 Å². The molecule has 0 heterocycles. The predicted octanol–water partition coefficient (Wildman–Crippen LogP) is 2.94. The average molecular weight is 269 g/mol. The van der Waals surface area contributed by atoms with E-state index in [0.717, 1.165) is 12.0 Å². The van der Waals surface area contributed by atoms with E-state index in [1.54, 1.807) is 0 Å². The second-order valence-electron chi connectivity index (χ2n) is 5.79. The fraction of sp³-hybridized carbons (Fsp3) is 0.412. The Bertz CT molecular complexity index is 668. The molecule has 0 radical (unpaired) electrons. The third kappa shape index (κ3) is 2.17. The maximum atomic E-state index is 11.9. The van der Waals surface area contributed by atoms with Gasteiger partial charge < -0.3 is 5.32 Å². The third-order valence-corrected chi connectivity index (χ3v) is 4.41. The first-order chi connectivity index (χ1) is 9.68. The van der Waals surface area contributed by atoms with E-state index in [-0.39, 0.29) is 10.9 Å². The fourth-order valence-electron chi connectivity index (χ4n) is 3.13. The molecule has 0 aliphatic heterocycles. The molecule has 2 aromatic carbocycles. The Balaban J connectivity index is 1.90. The maximum Gasteiger partial charge on any atom is 0.250 e. The summed E-state index contributed by atoms with van der Waals surface area (Å²) in [6.07, 6.45) is 4.72. The summed E-state index contributed by atoms with van der Waals surface area (Å²) in [5.41, 5.74) is 1.21. The molecule has 3 nitrogen and oxygen atoms in total. The van der Waals surface area contributed by atoms with E-state index < -0.39 is 0 Å². The highest BCUT2D eigenvalue weighted by molar-refractivity contribution is 5.81. The van der Waals surface area contributed by atoms with Crippen molar-refractivity contribution in [2.75, 3.05) is 5.32 Å². The van der Waals surface area contributed by atoms with Gasteiger partial charge in [-0.15, -0.1) is 0 Å². The van der Waals surface area contributed by atoms with Gasteiger partial charge in [0.05, 0.1) is 11.3 Å². The molecule has 0 bridgehead atoms. The van der Waals surface area contributed by atoms with E-state index in [0.29, 0.717) is 23.2 Å². The van der Waals surface area contributed by atoms with Crippen molar-refractivity contribution < 1.29 is 0 Å². The molecule has 1 aliphatic carbocycles. The average Bonchev–Trinajstić information content (AvgIpc) is 2.49. The number of hydrogen-bond donors (Lipinski definition) is 1. The second kappa shape index (κ2) is 5.23. The quantitative estimate of drug-likeness (QED) is 0.871. The Hall–Kier alpha value is -1.90. The summed E-state index contributed by atoms with van der Waals surface area (Å²) >= 11 is 0. The van der Waals surface area contributed by atoms with Crippen molar-refractivity contribution in [3.63, 3.8) is 0 Å². The lowest BCUT2D eigenvalue weighted by Gasteiger charge is -2.31. The second-order valence-corrected chi connectivity index (χ2v) is 5.79. The van der Waals surface area contributed by atoms with E-state index in [2.05, 4.69) is 12.2 Å². The van der Waals surface area contributed by atoms with Crippen molar-refractivity contribution in [3.05, 3.63) is 50.8 Å². The lowest BCUT2D eigenvalue weighted by molar-refractivity contribution is 0.349. The van der Waals surface area contributed by atoms with Gasteiger partial charge in [-0.05, 0) is 24.3 Å². The summed E-state index contributed by atoms with van der Waals surface area (Å²) in [4.78, 5) is 23.7. The van der Waals surface area contributed by atoms with Gasteiger partial charge in [0.1, 0.15) is 0 Å². The number of anilines is 1. The molecule has 0 saturated heterocycles. The van der Waals surface area contributed by atoms with Gasteiger partial charge in [0.25, 0.3) is 0 Å². The Morgan fingerprint density at radius 2 is 1.70 bits per heavy atom.